The van der Waals surface area contributed by atoms with E-state index in [2.05, 4.69) is 10.2 Å². The molecule has 0 bridgehead atoms. The quantitative estimate of drug-likeness (QED) is 0.778. The normalized spacial score (nSPS) is 23.5. The van der Waals surface area contributed by atoms with E-state index >= 15 is 0 Å². The van der Waals surface area contributed by atoms with Gasteiger partial charge in [0.15, 0.2) is 0 Å². The molecule has 0 saturated heterocycles. The van der Waals surface area contributed by atoms with Crippen LogP contribution in [0.3, 0.4) is 0 Å². The van der Waals surface area contributed by atoms with E-state index in [0.717, 1.165) is 10.9 Å². The minimum absolute atomic E-state index is 0.00398. The molecule has 0 unspecified atom stereocenters. The number of carboxylic acids is 1. The Hall–Kier alpha value is -1.69. The van der Waals surface area contributed by atoms with Crippen molar-refractivity contribution >= 4 is 29.1 Å². The molecule has 5 nitrogen and oxygen atoms in total. The first-order chi connectivity index (χ1) is 7.68. The van der Waals surface area contributed by atoms with Gasteiger partial charge in [-0.3, -0.25) is 9.89 Å². The fourth-order valence-electron chi connectivity index (χ4n) is 1.97. The number of carboxylic acid groups (broad SMARTS) is 1. The summed E-state index contributed by atoms with van der Waals surface area (Å²) in [4.78, 5) is 10.8. The number of nitrogens with one attached hydrogen (secondary N) is 1. The van der Waals surface area contributed by atoms with Gasteiger partial charge >= 0.3 is 5.97 Å². The lowest BCUT2D eigenvalue weighted by Gasteiger charge is -2.05. The van der Waals surface area contributed by atoms with Crippen LogP contribution < -0.4 is 0 Å². The van der Waals surface area contributed by atoms with Crippen LogP contribution in [-0.2, 0) is 4.79 Å². The van der Waals surface area contributed by atoms with E-state index in [9.17, 15) is 4.79 Å². The molecule has 16 heavy (non-hydrogen) atoms. The van der Waals surface area contributed by atoms with E-state index < -0.39 is 5.97 Å². The Morgan fingerprint density at radius 1 is 1.69 bits per heavy atom. The molecule has 1 aliphatic rings. The number of carbonyl (C=O) groups is 1. The number of aromatic amines is 1. The third-order valence-corrected chi connectivity index (χ3v) is 3.40. The Kier molecular flexibility index (Phi) is 1.88. The number of hydrogen-bond acceptors (Lipinski definition) is 3. The predicted molar refractivity (Wildman–Crippen MR) is 59.7 cm³/mol. The Morgan fingerprint density at radius 3 is 3.19 bits per heavy atom. The second kappa shape index (κ2) is 3.15. The van der Waals surface area contributed by atoms with Crippen LogP contribution >= 0.6 is 12.2 Å². The summed E-state index contributed by atoms with van der Waals surface area (Å²) >= 11 is 5.31. The first kappa shape index (κ1) is 9.53. The zero-order valence-corrected chi connectivity index (χ0v) is 9.07. The van der Waals surface area contributed by atoms with Crippen molar-refractivity contribution in [3.05, 3.63) is 23.1 Å². The minimum Gasteiger partial charge on any atom is -0.481 e. The van der Waals surface area contributed by atoms with E-state index in [1.54, 1.807) is 6.20 Å². The molecule has 0 aliphatic heterocycles. The maximum atomic E-state index is 10.8. The van der Waals surface area contributed by atoms with Crippen molar-refractivity contribution < 1.29 is 9.90 Å². The van der Waals surface area contributed by atoms with Crippen LogP contribution in [0.4, 0.5) is 0 Å². The second-order valence-electron chi connectivity index (χ2n) is 3.97. The molecule has 0 amide bonds. The second-order valence-corrected chi connectivity index (χ2v) is 4.36. The van der Waals surface area contributed by atoms with Crippen molar-refractivity contribution in [2.45, 2.75) is 12.5 Å². The SMILES string of the molecule is O=C(O)[C@@H]1C[C@@H]1n1ccc2[nH]ncc2c1=S. The molecule has 0 aromatic carbocycles. The number of H-pyrrole nitrogens is 1. The van der Waals surface area contributed by atoms with Gasteiger partial charge in [0.1, 0.15) is 4.64 Å². The molecule has 2 heterocycles. The highest BCUT2D eigenvalue weighted by atomic mass is 32.1. The fraction of sp³-hybridized carbons (Fsp3) is 0.300. The van der Waals surface area contributed by atoms with Gasteiger partial charge in [-0.1, -0.05) is 12.2 Å². The van der Waals surface area contributed by atoms with Crippen LogP contribution in [0, 0.1) is 10.6 Å². The lowest BCUT2D eigenvalue weighted by molar-refractivity contribution is -0.138. The number of hydrogen-bond donors (Lipinski definition) is 2. The number of fused-ring (bicyclic) bond motifs is 1. The van der Waals surface area contributed by atoms with Crippen LogP contribution in [0.5, 0.6) is 0 Å². The monoisotopic (exact) mass is 235 g/mol. The summed E-state index contributed by atoms with van der Waals surface area (Å²) in [5.41, 5.74) is 0.883. The number of rotatable bonds is 2. The average molecular weight is 235 g/mol. The maximum absolute atomic E-state index is 10.8. The molecule has 2 aromatic rings. The number of nitrogens with zero attached hydrogens (tertiary/aromatic N) is 2. The van der Waals surface area contributed by atoms with Gasteiger partial charge in [-0.15, -0.1) is 0 Å². The molecular weight excluding hydrogens is 226 g/mol. The van der Waals surface area contributed by atoms with Gasteiger partial charge in [-0.05, 0) is 12.5 Å². The molecule has 1 aliphatic carbocycles. The van der Waals surface area contributed by atoms with Crippen LogP contribution in [0.1, 0.15) is 12.5 Å². The van der Waals surface area contributed by atoms with E-state index in [0.29, 0.717) is 11.1 Å². The smallest absolute Gasteiger partial charge is 0.308 e. The molecule has 2 atom stereocenters. The van der Waals surface area contributed by atoms with Crippen LogP contribution in [-0.4, -0.2) is 25.8 Å². The summed E-state index contributed by atoms with van der Waals surface area (Å²) in [6.07, 6.45) is 4.16. The maximum Gasteiger partial charge on any atom is 0.308 e. The standard InChI is InChI=1S/C10H9N3O2S/c14-10(15)5-3-8(5)13-2-1-7-6(9(13)16)4-11-12-7/h1-2,4-5,8H,3H2,(H,11,12)(H,14,15)/t5-,8+/m1/s1. The van der Waals surface area contributed by atoms with Crippen molar-refractivity contribution in [3.8, 4) is 0 Å². The molecule has 3 rings (SSSR count). The van der Waals surface area contributed by atoms with Gasteiger partial charge in [-0.2, -0.15) is 5.10 Å². The first-order valence-electron chi connectivity index (χ1n) is 4.95. The van der Waals surface area contributed by atoms with Gasteiger partial charge in [0.25, 0.3) is 0 Å². The zero-order valence-electron chi connectivity index (χ0n) is 8.25. The van der Waals surface area contributed by atoms with Crippen LogP contribution in [0.15, 0.2) is 18.5 Å². The Labute approximate surface area is 95.7 Å². The van der Waals surface area contributed by atoms with Crippen molar-refractivity contribution in [1.29, 1.82) is 0 Å². The molecular formula is C10H9N3O2S. The van der Waals surface area contributed by atoms with E-state index in [-0.39, 0.29) is 12.0 Å². The lowest BCUT2D eigenvalue weighted by Crippen LogP contribution is -2.04. The predicted octanol–water partition coefficient (Wildman–Crippen LogP) is 1.74. The highest BCUT2D eigenvalue weighted by Crippen LogP contribution is 2.43. The summed E-state index contributed by atoms with van der Waals surface area (Å²) < 4.78 is 2.51. The summed E-state index contributed by atoms with van der Waals surface area (Å²) in [5.74, 6) is -1.05. The minimum atomic E-state index is -0.751. The topological polar surface area (TPSA) is 70.9 Å². The fourth-order valence-corrected chi connectivity index (χ4v) is 2.33. The Morgan fingerprint density at radius 2 is 2.50 bits per heavy atom. The number of pyridine rings is 1. The van der Waals surface area contributed by atoms with Gasteiger partial charge in [0, 0.05) is 12.2 Å². The van der Waals surface area contributed by atoms with Crippen LogP contribution in [0.2, 0.25) is 0 Å². The van der Waals surface area contributed by atoms with Crippen molar-refractivity contribution in [1.82, 2.24) is 14.8 Å². The molecule has 0 radical (unpaired) electrons. The Bertz CT molecular complexity index is 630. The lowest BCUT2D eigenvalue weighted by atomic mass is 10.3. The van der Waals surface area contributed by atoms with E-state index in [1.807, 2.05) is 16.8 Å². The highest BCUT2D eigenvalue weighted by Gasteiger charge is 2.44. The Balaban J connectivity index is 2.09. The number of aliphatic carboxylic acids is 1. The largest absolute Gasteiger partial charge is 0.481 e. The van der Waals surface area contributed by atoms with E-state index in [4.69, 9.17) is 17.3 Å². The van der Waals surface area contributed by atoms with Gasteiger partial charge < -0.3 is 9.67 Å². The molecule has 1 saturated carbocycles. The molecule has 1 fully saturated rings. The van der Waals surface area contributed by atoms with Crippen molar-refractivity contribution in [2.24, 2.45) is 5.92 Å². The molecule has 0 spiro atoms. The summed E-state index contributed by atoms with van der Waals surface area (Å²) in [5, 5.41) is 16.5. The zero-order chi connectivity index (χ0) is 11.3. The summed E-state index contributed by atoms with van der Waals surface area (Å²) in [6.45, 7) is 0. The third-order valence-electron chi connectivity index (χ3n) is 2.97. The van der Waals surface area contributed by atoms with Gasteiger partial charge in [0.2, 0.25) is 0 Å². The summed E-state index contributed by atoms with van der Waals surface area (Å²) in [7, 11) is 0. The number of aromatic nitrogens is 3. The van der Waals surface area contributed by atoms with Gasteiger partial charge in [0.05, 0.1) is 23.0 Å². The first-order valence-corrected chi connectivity index (χ1v) is 5.36. The third kappa shape index (κ3) is 1.26. The summed E-state index contributed by atoms with van der Waals surface area (Å²) in [6, 6.07) is 1.87. The van der Waals surface area contributed by atoms with Crippen LogP contribution in [0.25, 0.3) is 10.9 Å². The highest BCUT2D eigenvalue weighted by molar-refractivity contribution is 7.71. The molecule has 82 valence electrons. The van der Waals surface area contributed by atoms with Crippen molar-refractivity contribution in [2.75, 3.05) is 0 Å². The molecule has 2 aromatic heterocycles. The van der Waals surface area contributed by atoms with Crippen molar-refractivity contribution in [3.63, 3.8) is 0 Å². The molecule has 6 heteroatoms. The van der Waals surface area contributed by atoms with E-state index in [1.165, 1.54) is 0 Å². The van der Waals surface area contributed by atoms with Gasteiger partial charge in [-0.25, -0.2) is 0 Å². The average Bonchev–Trinajstić information content (AvgIpc) is 2.89. The molecule has 2 N–H and O–H groups in total.